The number of nitrogens with zero attached hydrogens (tertiary/aromatic N) is 3. The monoisotopic (exact) mass is 191 g/mol. The molecule has 2 rings (SSSR count). The SMILES string of the molecule is CN1C=NC(c2ccccc2)=NS1. The van der Waals surface area contributed by atoms with E-state index in [1.54, 1.807) is 6.34 Å². The van der Waals surface area contributed by atoms with Crippen molar-refractivity contribution in [2.45, 2.75) is 0 Å². The first kappa shape index (κ1) is 8.31. The van der Waals surface area contributed by atoms with E-state index in [0.717, 1.165) is 11.4 Å². The van der Waals surface area contributed by atoms with Gasteiger partial charge in [0.25, 0.3) is 0 Å². The van der Waals surface area contributed by atoms with E-state index in [1.807, 2.05) is 41.7 Å². The summed E-state index contributed by atoms with van der Waals surface area (Å²) < 4.78 is 6.10. The number of amidine groups is 1. The molecule has 1 heterocycles. The standard InChI is InChI=1S/C9H9N3S/c1-12-7-10-9(11-13-12)8-5-3-2-4-6-8/h2-7H,1H3. The van der Waals surface area contributed by atoms with Crippen LogP contribution in [0.3, 0.4) is 0 Å². The fourth-order valence-electron chi connectivity index (χ4n) is 0.998. The van der Waals surface area contributed by atoms with E-state index < -0.39 is 0 Å². The Hall–Kier alpha value is -1.29. The zero-order chi connectivity index (χ0) is 9.10. The summed E-state index contributed by atoms with van der Waals surface area (Å²) in [6, 6.07) is 9.95. The first-order valence-corrected chi connectivity index (χ1v) is 4.67. The molecule has 4 heteroatoms. The Morgan fingerprint density at radius 1 is 1.23 bits per heavy atom. The molecule has 1 aromatic carbocycles. The van der Waals surface area contributed by atoms with Gasteiger partial charge in [0.2, 0.25) is 0 Å². The van der Waals surface area contributed by atoms with Crippen molar-refractivity contribution in [1.82, 2.24) is 4.31 Å². The van der Waals surface area contributed by atoms with E-state index in [9.17, 15) is 0 Å². The minimum atomic E-state index is 0.781. The van der Waals surface area contributed by atoms with Crippen molar-refractivity contribution in [3.05, 3.63) is 35.9 Å². The van der Waals surface area contributed by atoms with E-state index in [4.69, 9.17) is 0 Å². The summed E-state index contributed by atoms with van der Waals surface area (Å²) >= 11 is 1.39. The normalized spacial score (nSPS) is 15.8. The highest BCUT2D eigenvalue weighted by atomic mass is 32.2. The average Bonchev–Trinajstić information content (AvgIpc) is 2.20. The molecule has 0 aliphatic carbocycles. The highest BCUT2D eigenvalue weighted by Gasteiger charge is 2.05. The fourth-order valence-corrected chi connectivity index (χ4v) is 1.45. The molecule has 1 aliphatic rings. The van der Waals surface area contributed by atoms with Gasteiger partial charge in [-0.15, -0.1) is 0 Å². The van der Waals surface area contributed by atoms with Crippen LogP contribution in [0.4, 0.5) is 0 Å². The predicted octanol–water partition coefficient (Wildman–Crippen LogP) is 1.97. The van der Waals surface area contributed by atoms with Crippen LogP contribution in [0.1, 0.15) is 5.56 Å². The van der Waals surface area contributed by atoms with Crippen molar-refractivity contribution in [3.8, 4) is 0 Å². The number of hydrogen-bond donors (Lipinski definition) is 0. The first-order valence-electron chi connectivity index (χ1n) is 3.94. The zero-order valence-electron chi connectivity index (χ0n) is 7.21. The van der Waals surface area contributed by atoms with Gasteiger partial charge >= 0.3 is 0 Å². The summed E-state index contributed by atoms with van der Waals surface area (Å²) in [5.74, 6) is 0.781. The average molecular weight is 191 g/mol. The Bertz CT molecular complexity index is 345. The van der Waals surface area contributed by atoms with Crippen LogP contribution >= 0.6 is 12.1 Å². The maximum absolute atomic E-state index is 4.24. The minimum absolute atomic E-state index is 0.781. The van der Waals surface area contributed by atoms with Crippen LogP contribution in [0, 0.1) is 0 Å². The molecular weight excluding hydrogens is 182 g/mol. The molecule has 0 spiro atoms. The molecule has 3 nitrogen and oxygen atoms in total. The third-order valence-electron chi connectivity index (χ3n) is 1.63. The van der Waals surface area contributed by atoms with E-state index in [-0.39, 0.29) is 0 Å². The largest absolute Gasteiger partial charge is 0.290 e. The van der Waals surface area contributed by atoms with Crippen LogP contribution in [0.5, 0.6) is 0 Å². The quantitative estimate of drug-likeness (QED) is 0.635. The van der Waals surface area contributed by atoms with Crippen molar-refractivity contribution in [2.75, 3.05) is 7.05 Å². The zero-order valence-corrected chi connectivity index (χ0v) is 8.03. The number of aliphatic imine (C=N–C) groups is 1. The second kappa shape index (κ2) is 3.62. The van der Waals surface area contributed by atoms with Crippen LogP contribution in [0.25, 0.3) is 0 Å². The Labute approximate surface area is 81.5 Å². The molecule has 0 bridgehead atoms. The molecule has 1 aromatic rings. The molecule has 0 unspecified atom stereocenters. The number of hydrogen-bond acceptors (Lipinski definition) is 4. The lowest BCUT2D eigenvalue weighted by molar-refractivity contribution is 0.868. The summed E-state index contributed by atoms with van der Waals surface area (Å²) in [6.45, 7) is 0. The Balaban J connectivity index is 2.25. The van der Waals surface area contributed by atoms with Crippen molar-refractivity contribution < 1.29 is 0 Å². The first-order chi connectivity index (χ1) is 6.36. The summed E-state index contributed by atoms with van der Waals surface area (Å²) in [7, 11) is 1.92. The Morgan fingerprint density at radius 2 is 2.00 bits per heavy atom. The maximum Gasteiger partial charge on any atom is 0.170 e. The lowest BCUT2D eigenvalue weighted by Gasteiger charge is -2.12. The van der Waals surface area contributed by atoms with Crippen LogP contribution in [-0.2, 0) is 0 Å². The topological polar surface area (TPSA) is 28.0 Å². The van der Waals surface area contributed by atoms with Crippen LogP contribution < -0.4 is 0 Å². The highest BCUT2D eigenvalue weighted by Crippen LogP contribution is 2.14. The molecule has 13 heavy (non-hydrogen) atoms. The molecule has 0 atom stereocenters. The summed E-state index contributed by atoms with van der Waals surface area (Å²) in [4.78, 5) is 4.21. The second-order valence-electron chi connectivity index (χ2n) is 2.65. The lowest BCUT2D eigenvalue weighted by atomic mass is 10.2. The molecule has 0 fully saturated rings. The Morgan fingerprint density at radius 3 is 2.62 bits per heavy atom. The molecule has 0 saturated heterocycles. The molecule has 0 radical (unpaired) electrons. The van der Waals surface area contributed by atoms with Gasteiger partial charge in [-0.3, -0.25) is 4.31 Å². The summed E-state index contributed by atoms with van der Waals surface area (Å²) in [5.41, 5.74) is 1.05. The molecule has 1 aliphatic heterocycles. The third kappa shape index (κ3) is 1.89. The van der Waals surface area contributed by atoms with Gasteiger partial charge in [0.1, 0.15) is 6.34 Å². The molecule has 0 amide bonds. The van der Waals surface area contributed by atoms with Crippen LogP contribution in [-0.4, -0.2) is 23.5 Å². The van der Waals surface area contributed by atoms with Gasteiger partial charge in [-0.1, -0.05) is 30.3 Å². The molecule has 0 saturated carbocycles. The van der Waals surface area contributed by atoms with Gasteiger partial charge in [0.05, 0.1) is 12.1 Å². The minimum Gasteiger partial charge on any atom is -0.290 e. The van der Waals surface area contributed by atoms with Gasteiger partial charge in [-0.05, 0) is 0 Å². The lowest BCUT2D eigenvalue weighted by Crippen LogP contribution is -2.12. The number of rotatable bonds is 1. The van der Waals surface area contributed by atoms with E-state index in [0.29, 0.717) is 0 Å². The highest BCUT2D eigenvalue weighted by molar-refractivity contribution is 7.96. The van der Waals surface area contributed by atoms with Crippen molar-refractivity contribution in [3.63, 3.8) is 0 Å². The molecule has 0 N–H and O–H groups in total. The maximum atomic E-state index is 4.24. The van der Waals surface area contributed by atoms with Crippen LogP contribution in [0.15, 0.2) is 39.7 Å². The van der Waals surface area contributed by atoms with Gasteiger partial charge in [0.15, 0.2) is 5.84 Å². The van der Waals surface area contributed by atoms with E-state index >= 15 is 0 Å². The number of benzene rings is 1. The molecule has 0 aromatic heterocycles. The van der Waals surface area contributed by atoms with Gasteiger partial charge in [-0.25, -0.2) is 4.99 Å². The van der Waals surface area contributed by atoms with Gasteiger partial charge < -0.3 is 0 Å². The van der Waals surface area contributed by atoms with Gasteiger partial charge in [0, 0.05) is 12.6 Å². The van der Waals surface area contributed by atoms with Crippen molar-refractivity contribution >= 4 is 24.3 Å². The summed E-state index contributed by atoms with van der Waals surface area (Å²) in [5, 5.41) is 0. The third-order valence-corrected chi connectivity index (χ3v) is 2.24. The van der Waals surface area contributed by atoms with E-state index in [1.165, 1.54) is 12.1 Å². The van der Waals surface area contributed by atoms with Crippen molar-refractivity contribution in [2.24, 2.45) is 9.39 Å². The second-order valence-corrected chi connectivity index (χ2v) is 3.58. The molecular formula is C9H9N3S. The predicted molar refractivity (Wildman–Crippen MR) is 56.8 cm³/mol. The fraction of sp³-hybridized carbons (Fsp3) is 0.111. The summed E-state index contributed by atoms with van der Waals surface area (Å²) in [6.07, 6.45) is 1.76. The molecule has 66 valence electrons. The van der Waals surface area contributed by atoms with E-state index in [2.05, 4.69) is 9.39 Å². The van der Waals surface area contributed by atoms with Gasteiger partial charge in [-0.2, -0.15) is 4.40 Å². The van der Waals surface area contributed by atoms with Crippen molar-refractivity contribution in [1.29, 1.82) is 0 Å². The van der Waals surface area contributed by atoms with Crippen LogP contribution in [0.2, 0.25) is 0 Å². The Kier molecular flexibility index (Phi) is 2.31. The smallest absolute Gasteiger partial charge is 0.170 e.